The molecule has 0 aliphatic heterocycles. The second-order valence-corrected chi connectivity index (χ2v) is 7.31. The van der Waals surface area contributed by atoms with Gasteiger partial charge in [0.15, 0.2) is 0 Å². The van der Waals surface area contributed by atoms with Crippen molar-refractivity contribution in [1.82, 2.24) is 4.72 Å². The van der Waals surface area contributed by atoms with E-state index in [1.165, 1.54) is 4.72 Å². The van der Waals surface area contributed by atoms with Crippen LogP contribution in [0.1, 0.15) is 26.7 Å². The summed E-state index contributed by atoms with van der Waals surface area (Å²) < 4.78 is 59.6. The van der Waals surface area contributed by atoms with Crippen LogP contribution in [-0.2, 0) is 14.8 Å². The molecule has 8 heteroatoms. The molecule has 110 valence electrons. The topological polar surface area (TPSA) is 63.2 Å². The summed E-state index contributed by atoms with van der Waals surface area (Å²) in [5, 5.41) is 0. The molecule has 5 unspecified atom stereocenters. The zero-order valence-electron chi connectivity index (χ0n) is 10.6. The fourth-order valence-corrected chi connectivity index (χ4v) is 4.04. The van der Waals surface area contributed by atoms with Gasteiger partial charge in [0, 0.05) is 5.92 Å². The highest BCUT2D eigenvalue weighted by Gasteiger charge is 2.53. The van der Waals surface area contributed by atoms with Crippen LogP contribution in [0.5, 0.6) is 0 Å². The van der Waals surface area contributed by atoms with Crippen molar-refractivity contribution in [3.63, 3.8) is 0 Å². The number of rotatable bonds is 2. The van der Waals surface area contributed by atoms with Gasteiger partial charge in [0.25, 0.3) is 0 Å². The van der Waals surface area contributed by atoms with Crippen LogP contribution in [0.15, 0.2) is 0 Å². The van der Waals surface area contributed by atoms with Crippen molar-refractivity contribution in [3.8, 4) is 0 Å². The van der Waals surface area contributed by atoms with E-state index in [2.05, 4.69) is 6.92 Å². The molecule has 1 N–H and O–H groups in total. The Balaban J connectivity index is 2.08. The summed E-state index contributed by atoms with van der Waals surface area (Å²) in [7, 11) is -5.58. The van der Waals surface area contributed by atoms with Crippen LogP contribution < -0.4 is 4.72 Å². The summed E-state index contributed by atoms with van der Waals surface area (Å²) in [6.07, 6.45) is 1.28. The smallest absolute Gasteiger partial charge is 0.274 e. The largest absolute Gasteiger partial charge is 0.516 e. The van der Waals surface area contributed by atoms with Crippen molar-refractivity contribution in [2.45, 2.75) is 32.2 Å². The Morgan fingerprint density at radius 3 is 2.16 bits per heavy atom. The predicted octanol–water partition coefficient (Wildman–Crippen LogP) is 1.88. The van der Waals surface area contributed by atoms with Gasteiger partial charge in [-0.05, 0) is 36.5 Å². The molecule has 0 spiro atoms. The lowest BCUT2D eigenvalue weighted by Gasteiger charge is -2.30. The third-order valence-corrected chi connectivity index (χ3v) is 5.85. The monoisotopic (exact) mass is 299 g/mol. The fraction of sp³-hybridized carbons (Fsp3) is 0.909. The summed E-state index contributed by atoms with van der Waals surface area (Å²) in [5.41, 5.74) is -5.45. The van der Waals surface area contributed by atoms with Gasteiger partial charge in [-0.15, -0.1) is 0 Å². The summed E-state index contributed by atoms with van der Waals surface area (Å²) in [6.45, 7) is 4.03. The van der Waals surface area contributed by atoms with Crippen LogP contribution in [0.3, 0.4) is 0 Å². The van der Waals surface area contributed by atoms with Gasteiger partial charge in [0.2, 0.25) is 5.91 Å². The molecule has 2 saturated carbocycles. The number of hydrogen-bond acceptors (Lipinski definition) is 3. The molecular weight excluding hydrogens is 283 g/mol. The summed E-state index contributed by atoms with van der Waals surface area (Å²) >= 11 is 0. The van der Waals surface area contributed by atoms with Crippen molar-refractivity contribution in [1.29, 1.82) is 0 Å². The maximum atomic E-state index is 12.2. The maximum Gasteiger partial charge on any atom is 0.516 e. The summed E-state index contributed by atoms with van der Waals surface area (Å²) in [5.74, 6) is -0.652. The molecule has 2 bridgehead atoms. The second kappa shape index (κ2) is 4.36. The Hall–Kier alpha value is -0.790. The number of fused-ring (bicyclic) bond motifs is 2. The molecule has 19 heavy (non-hydrogen) atoms. The summed E-state index contributed by atoms with van der Waals surface area (Å²) in [6, 6.07) is 0. The van der Waals surface area contributed by atoms with Crippen LogP contribution in [0.25, 0.3) is 0 Å². The van der Waals surface area contributed by atoms with E-state index in [4.69, 9.17) is 0 Å². The van der Waals surface area contributed by atoms with Gasteiger partial charge in [0.05, 0.1) is 0 Å². The highest BCUT2D eigenvalue weighted by Crippen LogP contribution is 2.55. The lowest BCUT2D eigenvalue weighted by Crippen LogP contribution is -2.45. The molecule has 2 aliphatic rings. The molecule has 2 fully saturated rings. The van der Waals surface area contributed by atoms with E-state index in [0.29, 0.717) is 18.3 Å². The molecule has 0 saturated heterocycles. The minimum atomic E-state index is -5.58. The maximum absolute atomic E-state index is 12.2. The van der Waals surface area contributed by atoms with Gasteiger partial charge in [-0.1, -0.05) is 13.8 Å². The lowest BCUT2D eigenvalue weighted by molar-refractivity contribution is -0.126. The number of hydrogen-bond donors (Lipinski definition) is 1. The van der Waals surface area contributed by atoms with Crippen LogP contribution >= 0.6 is 0 Å². The molecule has 0 aromatic carbocycles. The minimum absolute atomic E-state index is 0.0107. The quantitative estimate of drug-likeness (QED) is 0.847. The van der Waals surface area contributed by atoms with E-state index in [9.17, 15) is 26.4 Å². The molecule has 4 nitrogen and oxygen atoms in total. The number of nitrogens with one attached hydrogen (secondary N) is 1. The Bertz CT molecular complexity index is 486. The zero-order valence-corrected chi connectivity index (χ0v) is 11.4. The zero-order chi connectivity index (χ0) is 14.6. The molecular formula is C11H16F3NO3S. The van der Waals surface area contributed by atoms with E-state index in [-0.39, 0.29) is 11.8 Å². The number of alkyl halides is 3. The van der Waals surface area contributed by atoms with E-state index < -0.39 is 27.4 Å². The highest BCUT2D eigenvalue weighted by atomic mass is 32.2. The molecule has 0 radical (unpaired) electrons. The van der Waals surface area contributed by atoms with Gasteiger partial charge < -0.3 is 0 Å². The van der Waals surface area contributed by atoms with E-state index in [1.54, 1.807) is 0 Å². The number of amides is 1. The second-order valence-electron chi connectivity index (χ2n) is 5.64. The van der Waals surface area contributed by atoms with Crippen LogP contribution in [0, 0.1) is 29.6 Å². The van der Waals surface area contributed by atoms with Gasteiger partial charge in [0.1, 0.15) is 0 Å². The van der Waals surface area contributed by atoms with E-state index in [1.807, 2.05) is 6.92 Å². The summed E-state index contributed by atoms with van der Waals surface area (Å²) in [4.78, 5) is 11.8. The molecule has 2 rings (SSSR count). The number of sulfonamides is 1. The lowest BCUT2D eigenvalue weighted by atomic mass is 9.75. The van der Waals surface area contributed by atoms with Crippen LogP contribution in [0.2, 0.25) is 0 Å². The molecule has 0 heterocycles. The SMILES string of the molecule is CC1C2CC(C(=O)NS(=O)(=O)C(F)(F)F)C(C2)C1C. The van der Waals surface area contributed by atoms with Gasteiger partial charge >= 0.3 is 15.5 Å². The Morgan fingerprint density at radius 1 is 1.16 bits per heavy atom. The Labute approximate surface area is 109 Å². The normalized spacial score (nSPS) is 38.5. The van der Waals surface area contributed by atoms with Crippen molar-refractivity contribution < 1.29 is 26.4 Å². The molecule has 1 amide bonds. The first-order valence-corrected chi connectivity index (χ1v) is 7.66. The third-order valence-electron chi connectivity index (χ3n) is 4.77. The van der Waals surface area contributed by atoms with Crippen LogP contribution in [-0.4, -0.2) is 19.8 Å². The van der Waals surface area contributed by atoms with Crippen molar-refractivity contribution in [3.05, 3.63) is 0 Å². The molecule has 5 atom stereocenters. The highest BCUT2D eigenvalue weighted by molar-refractivity contribution is 7.90. The first-order chi connectivity index (χ1) is 8.54. The average molecular weight is 299 g/mol. The Kier molecular flexibility index (Phi) is 3.35. The minimum Gasteiger partial charge on any atom is -0.274 e. The first kappa shape index (κ1) is 14.6. The van der Waals surface area contributed by atoms with E-state index >= 15 is 0 Å². The first-order valence-electron chi connectivity index (χ1n) is 6.17. The fourth-order valence-electron chi connectivity index (χ4n) is 3.51. The van der Waals surface area contributed by atoms with Crippen LogP contribution in [0.4, 0.5) is 13.2 Å². The third kappa shape index (κ3) is 2.34. The predicted molar refractivity (Wildman–Crippen MR) is 61.1 cm³/mol. The van der Waals surface area contributed by atoms with Gasteiger partial charge in [-0.3, -0.25) is 4.79 Å². The number of halogens is 3. The van der Waals surface area contributed by atoms with Gasteiger partial charge in [-0.2, -0.15) is 21.6 Å². The standard InChI is InChI=1S/C11H16F3NO3S/c1-5-6(2)8-3-7(5)4-9(8)10(16)15-19(17,18)11(12,13)14/h5-9H,3-4H2,1-2H3,(H,15,16). The number of carbonyl (C=O) groups is 1. The van der Waals surface area contributed by atoms with Gasteiger partial charge in [-0.25, -0.2) is 4.72 Å². The average Bonchev–Trinajstić information content (AvgIpc) is 2.78. The van der Waals surface area contributed by atoms with Crippen molar-refractivity contribution >= 4 is 15.9 Å². The molecule has 0 aromatic heterocycles. The molecule has 2 aliphatic carbocycles. The van der Waals surface area contributed by atoms with E-state index in [0.717, 1.165) is 6.42 Å². The van der Waals surface area contributed by atoms with Crippen molar-refractivity contribution in [2.75, 3.05) is 0 Å². The number of carbonyl (C=O) groups excluding carboxylic acids is 1. The Morgan fingerprint density at radius 2 is 1.74 bits per heavy atom. The molecule has 0 aromatic rings. The van der Waals surface area contributed by atoms with Crippen molar-refractivity contribution in [2.24, 2.45) is 29.6 Å².